The van der Waals surface area contributed by atoms with Crippen molar-refractivity contribution in [2.75, 3.05) is 26.2 Å². The van der Waals surface area contributed by atoms with Crippen molar-refractivity contribution in [3.05, 3.63) is 78.0 Å². The summed E-state index contributed by atoms with van der Waals surface area (Å²) in [6.45, 7) is 1.73. The van der Waals surface area contributed by atoms with E-state index in [1.807, 2.05) is 0 Å². The lowest BCUT2D eigenvalue weighted by Gasteiger charge is -2.34. The molecule has 2 aromatic heterocycles. The number of ether oxygens (including phenoxy) is 1. The Balaban J connectivity index is 1.30. The van der Waals surface area contributed by atoms with Gasteiger partial charge >= 0.3 is 0 Å². The first-order valence-electron chi connectivity index (χ1n) is 9.42. The SMILES string of the molecule is O=C(c1cnccn1)N1CCN(C(=O)c2ccc(COc3ccc(F)cc3)o2)CC1. The van der Waals surface area contributed by atoms with Crippen LogP contribution in [-0.4, -0.2) is 57.8 Å². The number of piperazine rings is 1. The molecule has 0 radical (unpaired) electrons. The zero-order chi connectivity index (χ0) is 20.9. The summed E-state index contributed by atoms with van der Waals surface area (Å²) < 4.78 is 24.1. The van der Waals surface area contributed by atoms with E-state index in [0.29, 0.717) is 37.7 Å². The van der Waals surface area contributed by atoms with Crippen molar-refractivity contribution in [3.8, 4) is 5.75 Å². The molecule has 1 aromatic carbocycles. The van der Waals surface area contributed by atoms with Crippen LogP contribution in [0.2, 0.25) is 0 Å². The average molecular weight is 410 g/mol. The molecule has 0 aliphatic carbocycles. The fourth-order valence-corrected chi connectivity index (χ4v) is 3.10. The quantitative estimate of drug-likeness (QED) is 0.642. The van der Waals surface area contributed by atoms with Crippen LogP contribution in [0.1, 0.15) is 26.8 Å². The van der Waals surface area contributed by atoms with Crippen LogP contribution in [0, 0.1) is 5.82 Å². The van der Waals surface area contributed by atoms with Gasteiger partial charge in [0, 0.05) is 38.6 Å². The van der Waals surface area contributed by atoms with E-state index < -0.39 is 0 Å². The summed E-state index contributed by atoms with van der Waals surface area (Å²) in [5, 5.41) is 0. The van der Waals surface area contributed by atoms with E-state index in [1.165, 1.54) is 42.9 Å². The van der Waals surface area contributed by atoms with Gasteiger partial charge in [0.2, 0.25) is 0 Å². The molecule has 0 bridgehead atoms. The number of hydrogen-bond acceptors (Lipinski definition) is 6. The number of hydrogen-bond donors (Lipinski definition) is 0. The van der Waals surface area contributed by atoms with E-state index in [4.69, 9.17) is 9.15 Å². The molecular formula is C21H19FN4O4. The van der Waals surface area contributed by atoms with Gasteiger partial charge in [0.25, 0.3) is 11.8 Å². The van der Waals surface area contributed by atoms with Gasteiger partial charge in [0.1, 0.15) is 29.6 Å². The van der Waals surface area contributed by atoms with Crippen molar-refractivity contribution >= 4 is 11.8 Å². The Morgan fingerprint density at radius 1 is 0.967 bits per heavy atom. The van der Waals surface area contributed by atoms with Crippen molar-refractivity contribution in [3.63, 3.8) is 0 Å². The van der Waals surface area contributed by atoms with Gasteiger partial charge in [-0.3, -0.25) is 14.6 Å². The van der Waals surface area contributed by atoms with Gasteiger partial charge in [-0.1, -0.05) is 0 Å². The van der Waals surface area contributed by atoms with E-state index >= 15 is 0 Å². The third kappa shape index (κ3) is 4.45. The molecule has 4 rings (SSSR count). The summed E-state index contributed by atoms with van der Waals surface area (Å²) in [7, 11) is 0. The molecule has 0 spiro atoms. The van der Waals surface area contributed by atoms with Crippen molar-refractivity contribution < 1.29 is 23.1 Å². The number of carbonyl (C=O) groups excluding carboxylic acids is 2. The Kier molecular flexibility index (Phi) is 5.69. The number of carbonyl (C=O) groups is 2. The number of nitrogens with zero attached hydrogens (tertiary/aromatic N) is 4. The minimum atomic E-state index is -0.341. The predicted molar refractivity (Wildman–Crippen MR) is 103 cm³/mol. The van der Waals surface area contributed by atoms with Gasteiger partial charge in [-0.15, -0.1) is 0 Å². The first-order valence-corrected chi connectivity index (χ1v) is 9.42. The van der Waals surface area contributed by atoms with Crippen molar-refractivity contribution in [1.29, 1.82) is 0 Å². The van der Waals surface area contributed by atoms with Crippen LogP contribution in [0.3, 0.4) is 0 Å². The standard InChI is InChI=1S/C21H19FN4O4/c22-15-1-3-16(4-2-15)29-14-17-5-6-19(30-17)21(28)26-11-9-25(10-12-26)20(27)18-13-23-7-8-24-18/h1-8,13H,9-12,14H2. The summed E-state index contributed by atoms with van der Waals surface area (Å²) in [6.07, 6.45) is 4.41. The van der Waals surface area contributed by atoms with E-state index in [0.717, 1.165) is 0 Å². The molecule has 3 aromatic rings. The lowest BCUT2D eigenvalue weighted by Crippen LogP contribution is -2.50. The van der Waals surface area contributed by atoms with Crippen molar-refractivity contribution in [1.82, 2.24) is 19.8 Å². The van der Waals surface area contributed by atoms with Gasteiger partial charge in [0.05, 0.1) is 6.20 Å². The predicted octanol–water partition coefficient (Wildman–Crippen LogP) is 2.39. The van der Waals surface area contributed by atoms with E-state index in [1.54, 1.807) is 21.9 Å². The second-order valence-corrected chi connectivity index (χ2v) is 6.68. The van der Waals surface area contributed by atoms with Crippen LogP contribution < -0.4 is 4.74 Å². The summed E-state index contributed by atoms with van der Waals surface area (Å²) >= 11 is 0. The Labute approximate surface area is 171 Å². The lowest BCUT2D eigenvalue weighted by molar-refractivity contribution is 0.0513. The second-order valence-electron chi connectivity index (χ2n) is 6.68. The normalized spacial score (nSPS) is 13.9. The highest BCUT2D eigenvalue weighted by Gasteiger charge is 2.27. The van der Waals surface area contributed by atoms with Crippen LogP contribution in [0.15, 0.2) is 59.4 Å². The Morgan fingerprint density at radius 3 is 2.33 bits per heavy atom. The molecule has 0 atom stereocenters. The molecule has 0 unspecified atom stereocenters. The highest BCUT2D eigenvalue weighted by Crippen LogP contribution is 2.17. The van der Waals surface area contributed by atoms with Gasteiger partial charge in [-0.25, -0.2) is 9.37 Å². The fourth-order valence-electron chi connectivity index (χ4n) is 3.10. The molecule has 0 N–H and O–H groups in total. The zero-order valence-corrected chi connectivity index (χ0v) is 16.0. The molecule has 30 heavy (non-hydrogen) atoms. The minimum absolute atomic E-state index is 0.124. The Morgan fingerprint density at radius 2 is 1.67 bits per heavy atom. The lowest BCUT2D eigenvalue weighted by atomic mass is 10.2. The molecule has 9 heteroatoms. The number of furan rings is 1. The van der Waals surface area contributed by atoms with E-state index in [-0.39, 0.29) is 35.7 Å². The van der Waals surface area contributed by atoms with Crippen molar-refractivity contribution in [2.45, 2.75) is 6.61 Å². The van der Waals surface area contributed by atoms with Crippen LogP contribution in [0.4, 0.5) is 4.39 Å². The van der Waals surface area contributed by atoms with Crippen LogP contribution in [0.5, 0.6) is 5.75 Å². The maximum Gasteiger partial charge on any atom is 0.289 e. The molecule has 154 valence electrons. The Bertz CT molecular complexity index is 1020. The first-order chi connectivity index (χ1) is 14.6. The fraction of sp³-hybridized carbons (Fsp3) is 0.238. The number of halogens is 1. The van der Waals surface area contributed by atoms with Crippen LogP contribution in [-0.2, 0) is 6.61 Å². The second kappa shape index (κ2) is 8.73. The number of aromatic nitrogens is 2. The minimum Gasteiger partial charge on any atom is -0.486 e. The summed E-state index contributed by atoms with van der Waals surface area (Å²) in [4.78, 5) is 36.3. The highest BCUT2D eigenvalue weighted by molar-refractivity contribution is 5.93. The number of rotatable bonds is 5. The van der Waals surface area contributed by atoms with E-state index in [9.17, 15) is 14.0 Å². The molecule has 8 nitrogen and oxygen atoms in total. The molecule has 1 aliphatic heterocycles. The largest absolute Gasteiger partial charge is 0.486 e. The summed E-state index contributed by atoms with van der Waals surface area (Å²) in [6, 6.07) is 8.92. The molecule has 1 saturated heterocycles. The van der Waals surface area contributed by atoms with Gasteiger partial charge in [0.15, 0.2) is 5.76 Å². The molecule has 0 saturated carbocycles. The molecular weight excluding hydrogens is 391 g/mol. The monoisotopic (exact) mass is 410 g/mol. The first kappa shape index (κ1) is 19.6. The number of benzene rings is 1. The topological polar surface area (TPSA) is 88.8 Å². The van der Waals surface area contributed by atoms with E-state index in [2.05, 4.69) is 9.97 Å². The molecule has 1 aliphatic rings. The third-order valence-corrected chi connectivity index (χ3v) is 4.70. The Hall–Kier alpha value is -3.75. The summed E-state index contributed by atoms with van der Waals surface area (Å²) in [5.41, 5.74) is 0.286. The van der Waals surface area contributed by atoms with Crippen LogP contribution in [0.25, 0.3) is 0 Å². The average Bonchev–Trinajstić information content (AvgIpc) is 3.27. The smallest absolute Gasteiger partial charge is 0.289 e. The highest BCUT2D eigenvalue weighted by atomic mass is 19.1. The molecule has 1 fully saturated rings. The molecule has 2 amide bonds. The zero-order valence-electron chi connectivity index (χ0n) is 16.0. The van der Waals surface area contributed by atoms with Crippen LogP contribution >= 0.6 is 0 Å². The van der Waals surface area contributed by atoms with Crippen molar-refractivity contribution in [2.24, 2.45) is 0 Å². The van der Waals surface area contributed by atoms with Gasteiger partial charge < -0.3 is 19.0 Å². The maximum absolute atomic E-state index is 12.9. The molecule has 3 heterocycles. The van der Waals surface area contributed by atoms with Gasteiger partial charge in [-0.05, 0) is 36.4 Å². The number of amides is 2. The third-order valence-electron chi connectivity index (χ3n) is 4.70. The maximum atomic E-state index is 12.9. The summed E-state index contributed by atoms with van der Waals surface area (Å²) in [5.74, 6) is 0.417. The van der Waals surface area contributed by atoms with Gasteiger partial charge in [-0.2, -0.15) is 0 Å².